The third-order valence-corrected chi connectivity index (χ3v) is 4.03. The van der Waals surface area contributed by atoms with E-state index in [2.05, 4.69) is 25.8 Å². The van der Waals surface area contributed by atoms with E-state index in [0.717, 1.165) is 12.1 Å². The van der Waals surface area contributed by atoms with Crippen molar-refractivity contribution in [2.45, 2.75) is 25.9 Å². The maximum absolute atomic E-state index is 2.45. The van der Waals surface area contributed by atoms with Gasteiger partial charge in [-0.15, -0.1) is 0 Å². The topological polar surface area (TPSA) is 3.24 Å². The molecule has 2 atom stereocenters. The van der Waals surface area contributed by atoms with Gasteiger partial charge in [-0.2, -0.15) is 0 Å². The van der Waals surface area contributed by atoms with Crippen molar-refractivity contribution in [3.8, 4) is 0 Å². The highest BCUT2D eigenvalue weighted by Gasteiger charge is 2.60. The van der Waals surface area contributed by atoms with Gasteiger partial charge in [-0.05, 0) is 20.9 Å². The van der Waals surface area contributed by atoms with Gasteiger partial charge in [0.1, 0.15) is 12.1 Å². The predicted molar refractivity (Wildman–Crippen MR) is 46.4 cm³/mol. The van der Waals surface area contributed by atoms with Crippen LogP contribution in [0, 0.1) is 0 Å². The number of rotatable bonds is 0. The Kier molecular flexibility index (Phi) is 1.52. The minimum Gasteiger partial charge on any atom is -0.307 e. The first kappa shape index (κ1) is 7.56. The van der Waals surface area contributed by atoms with E-state index in [4.69, 9.17) is 0 Å². The SMILES string of the molecule is CC1[C@H](C)[N+]12CCN(C)CC2. The first-order valence-corrected chi connectivity index (χ1v) is 4.72. The van der Waals surface area contributed by atoms with Crippen molar-refractivity contribution < 1.29 is 4.48 Å². The lowest BCUT2D eigenvalue weighted by molar-refractivity contribution is -0.829. The summed E-state index contributed by atoms with van der Waals surface area (Å²) in [5.74, 6) is 0. The summed E-state index contributed by atoms with van der Waals surface area (Å²) in [5.41, 5.74) is 0. The Labute approximate surface area is 69.4 Å². The molecule has 0 N–H and O–H groups in total. The van der Waals surface area contributed by atoms with Crippen LogP contribution < -0.4 is 0 Å². The summed E-state index contributed by atoms with van der Waals surface area (Å²) in [5, 5.41) is 0. The molecule has 0 amide bonds. The Balaban J connectivity index is 1.98. The van der Waals surface area contributed by atoms with E-state index in [-0.39, 0.29) is 0 Å². The van der Waals surface area contributed by atoms with Crippen molar-refractivity contribution in [1.29, 1.82) is 0 Å². The summed E-state index contributed by atoms with van der Waals surface area (Å²) in [7, 11) is 2.23. The van der Waals surface area contributed by atoms with Crippen LogP contribution >= 0.6 is 0 Å². The van der Waals surface area contributed by atoms with Gasteiger partial charge in [0, 0.05) is 13.1 Å². The molecule has 0 bridgehead atoms. The molecule has 2 rings (SSSR count). The van der Waals surface area contributed by atoms with Gasteiger partial charge in [-0.25, -0.2) is 0 Å². The third-order valence-electron chi connectivity index (χ3n) is 4.03. The average Bonchev–Trinajstić information content (AvgIpc) is 2.50. The molecule has 1 spiro atoms. The van der Waals surface area contributed by atoms with Gasteiger partial charge in [0.15, 0.2) is 0 Å². The van der Waals surface area contributed by atoms with Crippen LogP contribution in [0.3, 0.4) is 0 Å². The Bertz CT molecular complexity index is 149. The van der Waals surface area contributed by atoms with Gasteiger partial charge in [-0.1, -0.05) is 0 Å². The fraction of sp³-hybridized carbons (Fsp3) is 1.00. The first-order valence-electron chi connectivity index (χ1n) is 4.72. The molecule has 0 aliphatic carbocycles. The number of piperazine rings is 1. The van der Waals surface area contributed by atoms with Crippen LogP contribution in [0.2, 0.25) is 0 Å². The molecule has 0 radical (unpaired) electrons. The van der Waals surface area contributed by atoms with Gasteiger partial charge >= 0.3 is 0 Å². The molecular formula is C9H19N2+. The molecule has 64 valence electrons. The van der Waals surface area contributed by atoms with Crippen LogP contribution in [-0.4, -0.2) is 54.7 Å². The zero-order valence-electron chi connectivity index (χ0n) is 7.88. The van der Waals surface area contributed by atoms with Gasteiger partial charge in [0.2, 0.25) is 0 Å². The Morgan fingerprint density at radius 2 is 1.55 bits per heavy atom. The zero-order valence-corrected chi connectivity index (χ0v) is 7.88. The highest BCUT2D eigenvalue weighted by Crippen LogP contribution is 2.40. The van der Waals surface area contributed by atoms with Crippen molar-refractivity contribution in [2.75, 3.05) is 33.2 Å². The van der Waals surface area contributed by atoms with Gasteiger partial charge in [0.05, 0.1) is 13.1 Å². The summed E-state index contributed by atoms with van der Waals surface area (Å²) >= 11 is 0. The molecule has 2 aliphatic heterocycles. The highest BCUT2D eigenvalue weighted by molar-refractivity contribution is 4.83. The van der Waals surface area contributed by atoms with E-state index >= 15 is 0 Å². The molecule has 2 saturated heterocycles. The molecule has 0 aromatic rings. The van der Waals surface area contributed by atoms with Crippen LogP contribution in [0.5, 0.6) is 0 Å². The van der Waals surface area contributed by atoms with Gasteiger partial charge < -0.3 is 4.48 Å². The smallest absolute Gasteiger partial charge is 0.139 e. The Morgan fingerprint density at radius 3 is 1.91 bits per heavy atom. The number of likely N-dealkylation sites (N-methyl/N-ethyl adjacent to an activating group) is 1. The predicted octanol–water partition coefficient (Wildman–Crippen LogP) is 0.539. The van der Waals surface area contributed by atoms with Crippen molar-refractivity contribution in [3.63, 3.8) is 0 Å². The fourth-order valence-corrected chi connectivity index (χ4v) is 2.59. The maximum Gasteiger partial charge on any atom is 0.139 e. The highest BCUT2D eigenvalue weighted by atomic mass is 15.6. The lowest BCUT2D eigenvalue weighted by Crippen LogP contribution is -2.48. The van der Waals surface area contributed by atoms with Crippen molar-refractivity contribution in [1.82, 2.24) is 4.90 Å². The first-order chi connectivity index (χ1) is 5.17. The zero-order chi connectivity index (χ0) is 8.06. The van der Waals surface area contributed by atoms with Crippen molar-refractivity contribution in [2.24, 2.45) is 0 Å². The Hall–Kier alpha value is -0.0800. The molecule has 2 nitrogen and oxygen atoms in total. The molecule has 0 saturated carbocycles. The molecule has 0 aromatic heterocycles. The summed E-state index contributed by atoms with van der Waals surface area (Å²) in [4.78, 5) is 2.45. The van der Waals surface area contributed by atoms with Gasteiger partial charge in [-0.3, -0.25) is 4.90 Å². The number of hydrogen-bond donors (Lipinski definition) is 0. The molecular weight excluding hydrogens is 136 g/mol. The van der Waals surface area contributed by atoms with E-state index in [1.807, 2.05) is 0 Å². The molecule has 2 heterocycles. The number of nitrogens with zero attached hydrogens (tertiary/aromatic N) is 2. The van der Waals surface area contributed by atoms with Gasteiger partial charge in [0.25, 0.3) is 0 Å². The lowest BCUT2D eigenvalue weighted by Gasteiger charge is -2.31. The monoisotopic (exact) mass is 155 g/mol. The van der Waals surface area contributed by atoms with Crippen LogP contribution in [0.15, 0.2) is 0 Å². The quantitative estimate of drug-likeness (QED) is 0.364. The normalized spacial score (nSPS) is 42.8. The third kappa shape index (κ3) is 0.926. The fourth-order valence-electron chi connectivity index (χ4n) is 2.59. The van der Waals surface area contributed by atoms with Crippen LogP contribution in [-0.2, 0) is 0 Å². The molecule has 2 fully saturated rings. The average molecular weight is 155 g/mol. The maximum atomic E-state index is 2.45. The number of quaternary nitrogens is 1. The van der Waals surface area contributed by atoms with Crippen LogP contribution in [0.1, 0.15) is 13.8 Å². The molecule has 1 unspecified atom stereocenters. The molecule has 2 heteroatoms. The van der Waals surface area contributed by atoms with E-state index in [1.54, 1.807) is 0 Å². The van der Waals surface area contributed by atoms with Crippen LogP contribution in [0.25, 0.3) is 0 Å². The standard InChI is InChI=1S/C9H19N2/c1-8-9(2)11(8)6-4-10(3)5-7-11/h8-9H,4-7H2,1-3H3/q+1/t8-,9?/m0/s1. The van der Waals surface area contributed by atoms with E-state index in [0.29, 0.717) is 0 Å². The molecule has 0 aromatic carbocycles. The van der Waals surface area contributed by atoms with E-state index < -0.39 is 0 Å². The van der Waals surface area contributed by atoms with E-state index in [9.17, 15) is 0 Å². The van der Waals surface area contributed by atoms with E-state index in [1.165, 1.54) is 30.7 Å². The number of hydrogen-bond acceptors (Lipinski definition) is 1. The second-order valence-electron chi connectivity index (χ2n) is 4.33. The summed E-state index contributed by atoms with van der Waals surface area (Å²) in [6.45, 7) is 10.2. The Morgan fingerprint density at radius 1 is 1.09 bits per heavy atom. The summed E-state index contributed by atoms with van der Waals surface area (Å²) < 4.78 is 1.42. The molecule has 2 aliphatic rings. The second-order valence-corrected chi connectivity index (χ2v) is 4.33. The largest absolute Gasteiger partial charge is 0.307 e. The minimum absolute atomic E-state index is 0.948. The van der Waals surface area contributed by atoms with Crippen molar-refractivity contribution in [3.05, 3.63) is 0 Å². The summed E-state index contributed by atoms with van der Waals surface area (Å²) in [6.07, 6.45) is 0. The molecule has 11 heavy (non-hydrogen) atoms. The minimum atomic E-state index is 0.948. The van der Waals surface area contributed by atoms with Crippen LogP contribution in [0.4, 0.5) is 0 Å². The van der Waals surface area contributed by atoms with Crippen molar-refractivity contribution >= 4 is 0 Å². The summed E-state index contributed by atoms with van der Waals surface area (Å²) in [6, 6.07) is 1.90. The lowest BCUT2D eigenvalue weighted by atomic mass is 10.3. The second kappa shape index (κ2) is 2.20.